The Morgan fingerprint density at radius 3 is 1.42 bits per heavy atom. The highest BCUT2D eigenvalue weighted by Crippen LogP contribution is 2.28. The van der Waals surface area contributed by atoms with Gasteiger partial charge >= 0.3 is 5.69 Å². The van der Waals surface area contributed by atoms with Crippen molar-refractivity contribution in [2.75, 3.05) is 0 Å². The molecule has 6 rings (SSSR count). The van der Waals surface area contributed by atoms with Crippen LogP contribution in [-0.4, -0.2) is 24.1 Å². The second kappa shape index (κ2) is 8.74. The average Bonchev–Trinajstić information content (AvgIpc) is 3.17. The predicted molar refractivity (Wildman–Crippen MR) is 143 cm³/mol. The lowest BCUT2D eigenvalue weighted by molar-refractivity contribution is 0.795. The van der Waals surface area contributed by atoms with Crippen molar-refractivity contribution in [3.63, 3.8) is 0 Å². The molecule has 0 aliphatic rings. The van der Waals surface area contributed by atoms with Crippen LogP contribution in [0.15, 0.2) is 108 Å². The van der Waals surface area contributed by atoms with Crippen LogP contribution in [0, 0.1) is 0 Å². The molecule has 2 aromatic heterocycles. The van der Waals surface area contributed by atoms with Crippen molar-refractivity contribution in [1.29, 1.82) is 0 Å². The van der Waals surface area contributed by atoms with Crippen molar-refractivity contribution in [2.45, 2.75) is 0 Å². The number of imidazole rings is 1. The van der Waals surface area contributed by atoms with Crippen LogP contribution in [0.3, 0.4) is 0 Å². The van der Waals surface area contributed by atoms with Crippen LogP contribution < -0.4 is 5.69 Å². The van der Waals surface area contributed by atoms with Crippen LogP contribution in [0.5, 0.6) is 0 Å². The number of aryl methyl sites for hydroxylation is 2. The minimum absolute atomic E-state index is 0.0317. The number of hydrogen-bond donors (Lipinski definition) is 0. The Bertz CT molecular complexity index is 1690. The zero-order valence-corrected chi connectivity index (χ0v) is 20.0. The Kier molecular flexibility index (Phi) is 5.26. The fourth-order valence-corrected chi connectivity index (χ4v) is 4.44. The largest absolute Gasteiger partial charge is 0.328 e. The number of rotatable bonds is 4. The second-order valence-electron chi connectivity index (χ2n) is 8.72. The zero-order chi connectivity index (χ0) is 24.6. The van der Waals surface area contributed by atoms with E-state index in [1.165, 1.54) is 0 Å². The SMILES string of the molecule is Cn1c(=O)n(C)c2cc(-c3ccc(-c4nc(-c5ccccc5)nc(-c5ccccc5)n4)cc3)ccc21. The van der Waals surface area contributed by atoms with Gasteiger partial charge in [0.1, 0.15) is 0 Å². The van der Waals surface area contributed by atoms with Gasteiger partial charge < -0.3 is 0 Å². The molecule has 174 valence electrons. The summed E-state index contributed by atoms with van der Waals surface area (Å²) in [6.07, 6.45) is 0. The fraction of sp³-hybridized carbons (Fsp3) is 0.0667. The molecule has 36 heavy (non-hydrogen) atoms. The van der Waals surface area contributed by atoms with Crippen molar-refractivity contribution in [2.24, 2.45) is 14.1 Å². The minimum atomic E-state index is -0.0317. The van der Waals surface area contributed by atoms with Crippen molar-refractivity contribution in [3.05, 3.63) is 114 Å². The Morgan fingerprint density at radius 2 is 0.889 bits per heavy atom. The van der Waals surface area contributed by atoms with Gasteiger partial charge in [0.25, 0.3) is 0 Å². The van der Waals surface area contributed by atoms with Crippen LogP contribution in [0.25, 0.3) is 56.3 Å². The van der Waals surface area contributed by atoms with Gasteiger partial charge in [0.15, 0.2) is 17.5 Å². The summed E-state index contributed by atoms with van der Waals surface area (Å²) in [5.74, 6) is 1.90. The Balaban J connectivity index is 1.42. The van der Waals surface area contributed by atoms with Gasteiger partial charge in [-0.3, -0.25) is 9.13 Å². The lowest BCUT2D eigenvalue weighted by atomic mass is 10.0. The molecule has 6 heteroatoms. The predicted octanol–water partition coefficient (Wildman–Crippen LogP) is 5.73. The summed E-state index contributed by atoms with van der Waals surface area (Å²) in [5, 5.41) is 0. The number of aromatic nitrogens is 5. The molecule has 0 spiro atoms. The number of benzene rings is 4. The summed E-state index contributed by atoms with van der Waals surface area (Å²) in [5.41, 5.74) is 6.67. The molecule has 0 N–H and O–H groups in total. The first-order valence-electron chi connectivity index (χ1n) is 11.7. The Labute approximate surface area is 208 Å². The van der Waals surface area contributed by atoms with Gasteiger partial charge in [-0.25, -0.2) is 19.7 Å². The maximum atomic E-state index is 12.3. The van der Waals surface area contributed by atoms with Crippen molar-refractivity contribution < 1.29 is 0 Å². The van der Waals surface area contributed by atoms with Crippen LogP contribution in [-0.2, 0) is 14.1 Å². The van der Waals surface area contributed by atoms with Gasteiger partial charge in [0.05, 0.1) is 11.0 Å². The van der Waals surface area contributed by atoms with E-state index in [1.54, 1.807) is 23.2 Å². The minimum Gasteiger partial charge on any atom is -0.295 e. The van der Waals surface area contributed by atoms with E-state index in [2.05, 4.69) is 18.2 Å². The zero-order valence-electron chi connectivity index (χ0n) is 20.0. The lowest BCUT2D eigenvalue weighted by Crippen LogP contribution is -2.19. The highest BCUT2D eigenvalue weighted by atomic mass is 16.1. The van der Waals surface area contributed by atoms with Gasteiger partial charge in [-0.15, -0.1) is 0 Å². The van der Waals surface area contributed by atoms with Gasteiger partial charge in [-0.05, 0) is 23.3 Å². The highest BCUT2D eigenvalue weighted by Gasteiger charge is 2.13. The van der Waals surface area contributed by atoms with E-state index in [1.807, 2.05) is 84.9 Å². The van der Waals surface area contributed by atoms with Gasteiger partial charge in [0, 0.05) is 30.8 Å². The number of nitrogens with zero attached hydrogens (tertiary/aromatic N) is 5. The fourth-order valence-electron chi connectivity index (χ4n) is 4.44. The van der Waals surface area contributed by atoms with E-state index in [0.717, 1.165) is 38.9 Å². The van der Waals surface area contributed by atoms with Gasteiger partial charge in [0.2, 0.25) is 0 Å². The standard InChI is InChI=1S/C30H23N5O/c1-34-25-18-17-24(19-26(25)35(2)30(34)36)20-13-15-23(16-14-20)29-32-27(21-9-5-3-6-10-21)31-28(33-29)22-11-7-4-8-12-22/h3-19H,1-2H3. The van der Waals surface area contributed by atoms with E-state index < -0.39 is 0 Å². The summed E-state index contributed by atoms with van der Waals surface area (Å²) < 4.78 is 3.34. The first-order valence-corrected chi connectivity index (χ1v) is 11.7. The van der Waals surface area contributed by atoms with Crippen molar-refractivity contribution in [3.8, 4) is 45.3 Å². The molecule has 0 saturated heterocycles. The van der Waals surface area contributed by atoms with Crippen LogP contribution in [0.2, 0.25) is 0 Å². The third-order valence-corrected chi connectivity index (χ3v) is 6.45. The van der Waals surface area contributed by atoms with E-state index >= 15 is 0 Å². The molecule has 0 fully saturated rings. The molecule has 0 unspecified atom stereocenters. The van der Waals surface area contributed by atoms with Crippen molar-refractivity contribution in [1.82, 2.24) is 24.1 Å². The molecule has 0 saturated carbocycles. The molecule has 0 radical (unpaired) electrons. The molecule has 6 aromatic rings. The lowest BCUT2D eigenvalue weighted by Gasteiger charge is -2.09. The van der Waals surface area contributed by atoms with E-state index in [0.29, 0.717) is 17.5 Å². The Morgan fingerprint density at radius 1 is 0.472 bits per heavy atom. The molecule has 0 aliphatic carbocycles. The van der Waals surface area contributed by atoms with E-state index in [4.69, 9.17) is 15.0 Å². The highest BCUT2D eigenvalue weighted by molar-refractivity contribution is 5.83. The molecule has 0 atom stereocenters. The summed E-state index contributed by atoms with van der Waals surface area (Å²) in [6, 6.07) is 34.2. The monoisotopic (exact) mass is 469 g/mol. The van der Waals surface area contributed by atoms with Crippen molar-refractivity contribution >= 4 is 11.0 Å². The first kappa shape index (κ1) is 21.7. The molecule has 0 amide bonds. The van der Waals surface area contributed by atoms with Gasteiger partial charge in [-0.1, -0.05) is 91.0 Å². The quantitative estimate of drug-likeness (QED) is 0.331. The molecular formula is C30H23N5O. The molecule has 4 aromatic carbocycles. The van der Waals surface area contributed by atoms with Crippen LogP contribution in [0.4, 0.5) is 0 Å². The molecule has 2 heterocycles. The average molecular weight is 470 g/mol. The smallest absolute Gasteiger partial charge is 0.295 e. The van der Waals surface area contributed by atoms with E-state index in [9.17, 15) is 4.79 Å². The maximum Gasteiger partial charge on any atom is 0.328 e. The summed E-state index contributed by atoms with van der Waals surface area (Å²) >= 11 is 0. The molecule has 6 nitrogen and oxygen atoms in total. The third-order valence-electron chi connectivity index (χ3n) is 6.45. The Hall–Kier alpha value is -4.84. The maximum absolute atomic E-state index is 12.3. The normalized spacial score (nSPS) is 11.2. The third kappa shape index (κ3) is 3.79. The summed E-state index contributed by atoms with van der Waals surface area (Å²) in [4.78, 5) is 26.7. The number of fused-ring (bicyclic) bond motifs is 1. The second-order valence-corrected chi connectivity index (χ2v) is 8.72. The summed E-state index contributed by atoms with van der Waals surface area (Å²) in [7, 11) is 3.59. The molecule has 0 bridgehead atoms. The van der Waals surface area contributed by atoms with E-state index in [-0.39, 0.29) is 5.69 Å². The number of hydrogen-bond acceptors (Lipinski definition) is 4. The van der Waals surface area contributed by atoms with Crippen LogP contribution in [0.1, 0.15) is 0 Å². The van der Waals surface area contributed by atoms with Crippen LogP contribution >= 0.6 is 0 Å². The molecule has 0 aliphatic heterocycles. The summed E-state index contributed by atoms with van der Waals surface area (Å²) in [6.45, 7) is 0. The molecular weight excluding hydrogens is 446 g/mol. The first-order chi connectivity index (χ1) is 17.6. The van der Waals surface area contributed by atoms with Gasteiger partial charge in [-0.2, -0.15) is 0 Å². The topological polar surface area (TPSA) is 65.6 Å².